The molecule has 4 rings (SSSR count). The number of imidazole rings is 1. The fourth-order valence-electron chi connectivity index (χ4n) is 4.68. The first-order chi connectivity index (χ1) is 16.6. The molecular formula is C27H36N6O. The highest BCUT2D eigenvalue weighted by Crippen LogP contribution is 2.26. The summed E-state index contributed by atoms with van der Waals surface area (Å²) in [6.07, 6.45) is 12.0. The molecule has 7 nitrogen and oxygen atoms in total. The van der Waals surface area contributed by atoms with E-state index in [1.165, 1.54) is 5.56 Å². The Morgan fingerprint density at radius 3 is 2.82 bits per heavy atom. The number of hydrogen-bond donors (Lipinski definition) is 1. The number of carbonyl (C=O) groups excluding carboxylic acids is 1. The molecule has 180 valence electrons. The second-order valence-electron chi connectivity index (χ2n) is 9.37. The van der Waals surface area contributed by atoms with Crippen LogP contribution >= 0.6 is 0 Å². The summed E-state index contributed by atoms with van der Waals surface area (Å²) >= 11 is 0. The van der Waals surface area contributed by atoms with Gasteiger partial charge in [-0.25, -0.2) is 15.0 Å². The molecular weight excluding hydrogens is 424 g/mol. The van der Waals surface area contributed by atoms with Gasteiger partial charge in [-0.1, -0.05) is 30.3 Å². The van der Waals surface area contributed by atoms with Crippen LogP contribution in [0.4, 0.5) is 5.82 Å². The Hall–Kier alpha value is -3.22. The minimum absolute atomic E-state index is 0.128. The molecule has 1 saturated heterocycles. The smallest absolute Gasteiger partial charge is 0.222 e. The van der Waals surface area contributed by atoms with Crippen molar-refractivity contribution in [3.8, 4) is 0 Å². The lowest BCUT2D eigenvalue weighted by atomic mass is 9.98. The maximum absolute atomic E-state index is 12.9. The van der Waals surface area contributed by atoms with Crippen molar-refractivity contribution in [2.45, 2.75) is 77.4 Å². The van der Waals surface area contributed by atoms with Crippen LogP contribution in [0.2, 0.25) is 0 Å². The molecule has 0 spiro atoms. The van der Waals surface area contributed by atoms with Gasteiger partial charge in [0.25, 0.3) is 0 Å². The first kappa shape index (κ1) is 23.9. The number of aryl methyl sites for hydroxylation is 4. The van der Waals surface area contributed by atoms with E-state index in [-0.39, 0.29) is 18.0 Å². The SMILES string of the molecule is Cc1cc(N2CCCCC2CC(=O)NC(C)CCc2ccccc2)nc(CCn2ccnc2)n1. The molecule has 7 heteroatoms. The second-order valence-corrected chi connectivity index (χ2v) is 9.37. The third-order valence-electron chi connectivity index (χ3n) is 6.50. The van der Waals surface area contributed by atoms with E-state index < -0.39 is 0 Å². The minimum atomic E-state index is 0.128. The molecule has 2 unspecified atom stereocenters. The van der Waals surface area contributed by atoms with Crippen LogP contribution in [-0.2, 0) is 24.2 Å². The number of amides is 1. The summed E-state index contributed by atoms with van der Waals surface area (Å²) in [7, 11) is 0. The summed E-state index contributed by atoms with van der Waals surface area (Å²) in [5, 5.41) is 3.22. The number of anilines is 1. The van der Waals surface area contributed by atoms with Crippen LogP contribution in [0.5, 0.6) is 0 Å². The van der Waals surface area contributed by atoms with E-state index in [0.29, 0.717) is 6.42 Å². The van der Waals surface area contributed by atoms with Crippen LogP contribution in [0.3, 0.4) is 0 Å². The van der Waals surface area contributed by atoms with Crippen LogP contribution in [0.15, 0.2) is 55.1 Å². The Kier molecular flexibility index (Phi) is 8.28. The Balaban J connectivity index is 1.34. The van der Waals surface area contributed by atoms with Crippen LogP contribution < -0.4 is 10.2 Å². The van der Waals surface area contributed by atoms with Crippen molar-refractivity contribution in [2.75, 3.05) is 11.4 Å². The third kappa shape index (κ3) is 6.89. The van der Waals surface area contributed by atoms with Crippen molar-refractivity contribution in [3.05, 3.63) is 72.2 Å². The maximum atomic E-state index is 12.9. The average molecular weight is 461 g/mol. The number of piperidine rings is 1. The van der Waals surface area contributed by atoms with Crippen molar-refractivity contribution >= 4 is 11.7 Å². The number of nitrogens with one attached hydrogen (secondary N) is 1. The molecule has 1 amide bonds. The fourth-order valence-corrected chi connectivity index (χ4v) is 4.68. The quantitative estimate of drug-likeness (QED) is 0.493. The molecule has 0 radical (unpaired) electrons. The molecule has 1 fully saturated rings. The van der Waals surface area contributed by atoms with Gasteiger partial charge in [-0.2, -0.15) is 0 Å². The van der Waals surface area contributed by atoms with Gasteiger partial charge in [0.1, 0.15) is 11.6 Å². The zero-order chi connectivity index (χ0) is 23.8. The van der Waals surface area contributed by atoms with Crippen molar-refractivity contribution < 1.29 is 4.79 Å². The highest BCUT2D eigenvalue weighted by atomic mass is 16.1. The first-order valence-electron chi connectivity index (χ1n) is 12.5. The molecule has 2 atom stereocenters. The molecule has 1 aromatic carbocycles. The van der Waals surface area contributed by atoms with E-state index in [1.54, 1.807) is 6.20 Å². The topological polar surface area (TPSA) is 75.9 Å². The second kappa shape index (κ2) is 11.8. The number of hydrogen-bond acceptors (Lipinski definition) is 5. The summed E-state index contributed by atoms with van der Waals surface area (Å²) in [6.45, 7) is 5.85. The van der Waals surface area contributed by atoms with Gasteiger partial charge < -0.3 is 14.8 Å². The van der Waals surface area contributed by atoms with E-state index in [0.717, 1.165) is 69.0 Å². The summed E-state index contributed by atoms with van der Waals surface area (Å²) < 4.78 is 2.04. The summed E-state index contributed by atoms with van der Waals surface area (Å²) in [5.41, 5.74) is 2.28. The lowest BCUT2D eigenvalue weighted by molar-refractivity contribution is -0.122. The van der Waals surface area contributed by atoms with Gasteiger partial charge in [0.15, 0.2) is 0 Å². The highest BCUT2D eigenvalue weighted by molar-refractivity contribution is 5.77. The number of benzene rings is 1. The van der Waals surface area contributed by atoms with Crippen molar-refractivity contribution in [1.82, 2.24) is 24.8 Å². The molecule has 0 saturated carbocycles. The normalized spacial score (nSPS) is 16.9. The highest BCUT2D eigenvalue weighted by Gasteiger charge is 2.27. The molecule has 0 bridgehead atoms. The standard InChI is InChI=1S/C27H36N6O/c1-21(11-12-23-8-4-3-5-9-23)30-27(34)19-24-10-6-7-15-33(24)26-18-22(2)29-25(31-26)13-16-32-17-14-28-20-32/h3-5,8-9,14,17-18,20-21,24H,6-7,10-13,15-16,19H2,1-2H3,(H,30,34). The Labute approximate surface area is 202 Å². The van der Waals surface area contributed by atoms with E-state index in [2.05, 4.69) is 57.4 Å². The number of carbonyl (C=O) groups is 1. The van der Waals surface area contributed by atoms with Crippen LogP contribution in [-0.4, -0.2) is 44.1 Å². The van der Waals surface area contributed by atoms with Gasteiger partial charge in [0, 0.05) is 62.2 Å². The molecule has 1 aliphatic heterocycles. The van der Waals surface area contributed by atoms with Gasteiger partial charge in [0.05, 0.1) is 6.33 Å². The predicted molar refractivity (Wildman–Crippen MR) is 135 cm³/mol. The molecule has 2 aromatic heterocycles. The molecule has 34 heavy (non-hydrogen) atoms. The Morgan fingerprint density at radius 2 is 2.03 bits per heavy atom. The Morgan fingerprint density at radius 1 is 1.18 bits per heavy atom. The zero-order valence-electron chi connectivity index (χ0n) is 20.4. The fraction of sp³-hybridized carbons (Fsp3) is 0.481. The monoisotopic (exact) mass is 460 g/mol. The van der Waals surface area contributed by atoms with Crippen molar-refractivity contribution in [3.63, 3.8) is 0 Å². The van der Waals surface area contributed by atoms with Gasteiger partial charge in [-0.05, 0) is 51.5 Å². The predicted octanol–water partition coefficient (Wildman–Crippen LogP) is 4.11. The zero-order valence-corrected chi connectivity index (χ0v) is 20.4. The van der Waals surface area contributed by atoms with E-state index in [9.17, 15) is 4.79 Å². The molecule has 0 aliphatic carbocycles. The van der Waals surface area contributed by atoms with Crippen molar-refractivity contribution in [1.29, 1.82) is 0 Å². The van der Waals surface area contributed by atoms with Gasteiger partial charge >= 0.3 is 0 Å². The molecule has 1 aliphatic rings. The summed E-state index contributed by atoms with van der Waals surface area (Å²) in [6, 6.07) is 12.8. The average Bonchev–Trinajstić information content (AvgIpc) is 3.36. The summed E-state index contributed by atoms with van der Waals surface area (Å²) in [4.78, 5) is 28.9. The van der Waals surface area contributed by atoms with Gasteiger partial charge in [0.2, 0.25) is 5.91 Å². The molecule has 3 heterocycles. The number of aromatic nitrogens is 4. The van der Waals surface area contributed by atoms with Crippen LogP contribution in [0, 0.1) is 6.92 Å². The minimum Gasteiger partial charge on any atom is -0.354 e. The third-order valence-corrected chi connectivity index (χ3v) is 6.50. The van der Waals surface area contributed by atoms with Crippen molar-refractivity contribution in [2.24, 2.45) is 0 Å². The largest absolute Gasteiger partial charge is 0.354 e. The lowest BCUT2D eigenvalue weighted by Gasteiger charge is -2.36. The van der Waals surface area contributed by atoms with E-state index >= 15 is 0 Å². The lowest BCUT2D eigenvalue weighted by Crippen LogP contribution is -2.44. The van der Waals surface area contributed by atoms with E-state index in [4.69, 9.17) is 4.98 Å². The van der Waals surface area contributed by atoms with E-state index in [1.807, 2.05) is 30.1 Å². The van der Waals surface area contributed by atoms with Crippen LogP contribution in [0.25, 0.3) is 0 Å². The maximum Gasteiger partial charge on any atom is 0.222 e. The number of nitrogens with zero attached hydrogens (tertiary/aromatic N) is 5. The van der Waals surface area contributed by atoms with Gasteiger partial charge in [-0.3, -0.25) is 4.79 Å². The first-order valence-corrected chi connectivity index (χ1v) is 12.5. The Bertz CT molecular complexity index is 1040. The number of rotatable bonds is 10. The molecule has 1 N–H and O–H groups in total. The van der Waals surface area contributed by atoms with Gasteiger partial charge in [-0.15, -0.1) is 0 Å². The molecule has 3 aromatic rings. The summed E-state index contributed by atoms with van der Waals surface area (Å²) in [5.74, 6) is 1.92. The van der Waals surface area contributed by atoms with Crippen LogP contribution in [0.1, 0.15) is 56.1 Å².